The van der Waals surface area contributed by atoms with Crippen LogP contribution in [0.2, 0.25) is 0 Å². The first-order valence-electron chi connectivity index (χ1n) is 1.71. The minimum atomic E-state index is 0.458. The Labute approximate surface area is 31.8 Å². The highest BCUT2D eigenvalue weighted by Crippen LogP contribution is 1.64. The largest absolute Gasteiger partial charge is 0.102 e. The maximum atomic E-state index is 9.15. The number of rotatable bonds is 2. The molecule has 0 fully saturated rings. The predicted octanol–water partition coefficient (Wildman–Crippen LogP) is 0.346. The maximum absolute atomic E-state index is 9.15. The van der Waals surface area contributed by atoms with Gasteiger partial charge in [-0.2, -0.15) is 0 Å². The van der Waals surface area contributed by atoms with Crippen LogP contribution in [0.4, 0.5) is 0 Å². The summed E-state index contributed by atoms with van der Waals surface area (Å²) in [7, 11) is 0. The highest BCUT2D eigenvalue weighted by atomic mass is 16.5. The Hall–Kier alpha value is -0.0800. The molecule has 30 valence electrons. The molecule has 0 aliphatic carbocycles. The molecule has 0 saturated carbocycles. The SMILES string of the molecule is CCC[N][O]. The summed E-state index contributed by atoms with van der Waals surface area (Å²) in [4.78, 5) is 0. The summed E-state index contributed by atoms with van der Waals surface area (Å²) in [5.74, 6) is 0. The van der Waals surface area contributed by atoms with E-state index in [1.54, 1.807) is 0 Å². The third kappa shape index (κ3) is 3.92. The van der Waals surface area contributed by atoms with E-state index in [1.165, 1.54) is 0 Å². The molecule has 2 radical (unpaired) electrons. The molecule has 0 aromatic heterocycles. The zero-order valence-electron chi connectivity index (χ0n) is 3.27. The van der Waals surface area contributed by atoms with Crippen molar-refractivity contribution in [2.75, 3.05) is 6.54 Å². The van der Waals surface area contributed by atoms with Crippen LogP contribution in [0.15, 0.2) is 0 Å². The molecule has 0 bridgehead atoms. The van der Waals surface area contributed by atoms with Crippen LogP contribution in [-0.4, -0.2) is 6.54 Å². The van der Waals surface area contributed by atoms with E-state index in [-0.39, 0.29) is 0 Å². The van der Waals surface area contributed by atoms with Crippen molar-refractivity contribution in [1.82, 2.24) is 5.48 Å². The Balaban J connectivity index is 2.19. The predicted molar refractivity (Wildman–Crippen MR) is 18.0 cm³/mol. The van der Waals surface area contributed by atoms with Crippen LogP contribution in [0.3, 0.4) is 0 Å². The average Bonchev–Trinajstić information content (AvgIpc) is 1.41. The summed E-state index contributed by atoms with van der Waals surface area (Å²) in [6, 6.07) is 0. The Bertz CT molecular complexity index is 14.4. The first kappa shape index (κ1) is 4.92. The highest BCUT2D eigenvalue weighted by molar-refractivity contribution is 4.21. The third-order valence-corrected chi connectivity index (χ3v) is 0.315. The first-order chi connectivity index (χ1) is 2.41. The first-order valence-corrected chi connectivity index (χ1v) is 1.71. The van der Waals surface area contributed by atoms with Gasteiger partial charge < -0.3 is 0 Å². The topological polar surface area (TPSA) is 34.0 Å². The Morgan fingerprint density at radius 3 is 2.40 bits per heavy atom. The number of nitrogens with zero attached hydrogens (tertiary/aromatic N) is 1. The van der Waals surface area contributed by atoms with Gasteiger partial charge >= 0.3 is 0 Å². The van der Waals surface area contributed by atoms with E-state index in [0.29, 0.717) is 6.54 Å². The van der Waals surface area contributed by atoms with Crippen molar-refractivity contribution in [3.63, 3.8) is 0 Å². The fourth-order valence-electron chi connectivity index (χ4n) is 0.0913. The Morgan fingerprint density at radius 2 is 2.40 bits per heavy atom. The van der Waals surface area contributed by atoms with E-state index in [9.17, 15) is 0 Å². The molecule has 0 N–H and O–H groups in total. The molecule has 5 heavy (non-hydrogen) atoms. The lowest BCUT2D eigenvalue weighted by Crippen LogP contribution is -1.93. The fourth-order valence-corrected chi connectivity index (χ4v) is 0.0913. The summed E-state index contributed by atoms with van der Waals surface area (Å²) in [5.41, 5.74) is 2.60. The maximum Gasteiger partial charge on any atom is 0.0457 e. The van der Waals surface area contributed by atoms with E-state index in [4.69, 9.17) is 5.21 Å². The van der Waals surface area contributed by atoms with E-state index < -0.39 is 0 Å². The zero-order chi connectivity index (χ0) is 4.12. The Morgan fingerprint density at radius 1 is 1.80 bits per heavy atom. The lowest BCUT2D eigenvalue weighted by atomic mass is 10.5. The molecule has 2 heteroatoms. The third-order valence-electron chi connectivity index (χ3n) is 0.315. The number of hydrogen-bond acceptors (Lipinski definition) is 0. The fraction of sp³-hybridized carbons (Fsp3) is 1.00. The van der Waals surface area contributed by atoms with Gasteiger partial charge in [0.1, 0.15) is 0 Å². The molecule has 2 nitrogen and oxygen atoms in total. The van der Waals surface area contributed by atoms with E-state index in [0.717, 1.165) is 6.42 Å². The summed E-state index contributed by atoms with van der Waals surface area (Å²) in [5, 5.41) is 9.15. The molecular formula is C3H7NO. The molecule has 0 amide bonds. The van der Waals surface area contributed by atoms with Crippen molar-refractivity contribution in [1.29, 1.82) is 0 Å². The van der Waals surface area contributed by atoms with Crippen LogP contribution in [-0.2, 0) is 5.21 Å². The van der Waals surface area contributed by atoms with Crippen LogP contribution in [0.25, 0.3) is 0 Å². The Kier molecular flexibility index (Phi) is 3.86. The standard InChI is InChI=1S/C3H7NO/c1-2-3-4-5/h2-3H2,1H3. The molecule has 0 aromatic rings. The molecule has 0 saturated heterocycles. The van der Waals surface area contributed by atoms with Gasteiger partial charge in [0.25, 0.3) is 0 Å². The van der Waals surface area contributed by atoms with Crippen LogP contribution < -0.4 is 5.48 Å². The summed E-state index contributed by atoms with van der Waals surface area (Å²) in [6.07, 6.45) is 0.865. The van der Waals surface area contributed by atoms with Gasteiger partial charge in [-0.3, -0.25) is 0 Å². The van der Waals surface area contributed by atoms with Gasteiger partial charge in [-0.25, -0.2) is 0 Å². The molecule has 0 spiro atoms. The van der Waals surface area contributed by atoms with Gasteiger partial charge in [-0.1, -0.05) is 12.4 Å². The van der Waals surface area contributed by atoms with Crippen LogP contribution >= 0.6 is 0 Å². The molecule has 0 aliphatic rings. The van der Waals surface area contributed by atoms with Crippen LogP contribution in [0.1, 0.15) is 13.3 Å². The smallest absolute Gasteiger partial charge is 0.0457 e. The van der Waals surface area contributed by atoms with E-state index in [2.05, 4.69) is 5.48 Å². The summed E-state index contributed by atoms with van der Waals surface area (Å²) in [6.45, 7) is 2.38. The molecule has 0 atom stereocenters. The van der Waals surface area contributed by atoms with Gasteiger partial charge in [0.05, 0.1) is 0 Å². The van der Waals surface area contributed by atoms with Gasteiger partial charge in [0, 0.05) is 6.54 Å². The van der Waals surface area contributed by atoms with Crippen LogP contribution in [0, 0.1) is 0 Å². The summed E-state index contributed by atoms with van der Waals surface area (Å²) >= 11 is 0. The van der Waals surface area contributed by atoms with Gasteiger partial charge in [0.2, 0.25) is 0 Å². The lowest BCUT2D eigenvalue weighted by Gasteiger charge is -1.76. The van der Waals surface area contributed by atoms with Crippen molar-refractivity contribution >= 4 is 0 Å². The molecule has 0 heterocycles. The molecule has 0 rings (SSSR count). The normalized spacial score (nSPS) is 8.40. The van der Waals surface area contributed by atoms with E-state index >= 15 is 0 Å². The molecule has 0 unspecified atom stereocenters. The lowest BCUT2D eigenvalue weighted by molar-refractivity contribution is 0.0665. The minimum Gasteiger partial charge on any atom is -0.102 e. The van der Waals surface area contributed by atoms with Crippen molar-refractivity contribution in [3.05, 3.63) is 0 Å². The number of hydrogen-bond donors (Lipinski definition) is 0. The van der Waals surface area contributed by atoms with Gasteiger partial charge in [-0.05, 0) is 6.42 Å². The van der Waals surface area contributed by atoms with Crippen molar-refractivity contribution in [2.24, 2.45) is 0 Å². The quantitative estimate of drug-likeness (QED) is 0.422. The van der Waals surface area contributed by atoms with Crippen LogP contribution in [0.5, 0.6) is 0 Å². The highest BCUT2D eigenvalue weighted by Gasteiger charge is 1.71. The second-order valence-corrected chi connectivity index (χ2v) is 0.853. The molecular weight excluding hydrogens is 66.0 g/mol. The zero-order valence-corrected chi connectivity index (χ0v) is 3.27. The minimum absolute atomic E-state index is 0.458. The second-order valence-electron chi connectivity index (χ2n) is 0.853. The molecule has 0 aliphatic heterocycles. The van der Waals surface area contributed by atoms with Crippen molar-refractivity contribution in [2.45, 2.75) is 13.3 Å². The van der Waals surface area contributed by atoms with Crippen molar-refractivity contribution in [3.8, 4) is 0 Å². The molecule has 0 aromatic carbocycles. The number of hydroxylamine groups is 1. The van der Waals surface area contributed by atoms with Gasteiger partial charge in [-0.15, -0.1) is 5.21 Å². The second kappa shape index (κ2) is 3.92. The average molecular weight is 73.1 g/mol. The van der Waals surface area contributed by atoms with Gasteiger partial charge in [0.15, 0.2) is 0 Å². The summed E-state index contributed by atoms with van der Waals surface area (Å²) < 4.78 is 0. The van der Waals surface area contributed by atoms with E-state index in [1.807, 2.05) is 6.92 Å². The monoisotopic (exact) mass is 73.1 g/mol. The van der Waals surface area contributed by atoms with Crippen molar-refractivity contribution < 1.29 is 5.21 Å².